The Labute approximate surface area is 362 Å². The smallest absolute Gasteiger partial charge is 0.408 e. The van der Waals surface area contributed by atoms with E-state index < -0.39 is 39.8 Å². The van der Waals surface area contributed by atoms with Gasteiger partial charge in [-0.15, -0.1) is 11.3 Å². The molecule has 0 spiro atoms. The number of imidazole rings is 1. The Balaban J connectivity index is 0.000000203. The lowest BCUT2D eigenvalue weighted by atomic mass is 10.1. The summed E-state index contributed by atoms with van der Waals surface area (Å²) in [7, 11) is -0.856. The molecule has 2 aromatic carbocycles. The van der Waals surface area contributed by atoms with Gasteiger partial charge < -0.3 is 25.7 Å². The van der Waals surface area contributed by atoms with Crippen molar-refractivity contribution < 1.29 is 32.3 Å². The molecule has 2 fully saturated rings. The number of para-hydroxylation sites is 1. The van der Waals surface area contributed by atoms with Crippen LogP contribution in [0.15, 0.2) is 70.9 Å². The third kappa shape index (κ3) is 14.1. The maximum Gasteiger partial charge on any atom is 0.408 e. The molecule has 1 aliphatic carbocycles. The predicted molar refractivity (Wildman–Crippen MR) is 239 cm³/mol. The summed E-state index contributed by atoms with van der Waals surface area (Å²) >= 11 is 1.59. The monoisotopic (exact) mass is 880 g/mol. The van der Waals surface area contributed by atoms with Crippen LogP contribution in [0.5, 0.6) is 0 Å². The first-order valence-electron chi connectivity index (χ1n) is 20.6. The van der Waals surface area contributed by atoms with E-state index in [1.54, 1.807) is 36.7 Å². The molecule has 1 saturated carbocycles. The van der Waals surface area contributed by atoms with Crippen LogP contribution in [0.2, 0.25) is 0 Å². The molecule has 1 aliphatic heterocycles. The molecule has 6 rings (SSSR count). The van der Waals surface area contributed by atoms with E-state index in [0.717, 1.165) is 56.4 Å². The summed E-state index contributed by atoms with van der Waals surface area (Å²) in [5, 5.41) is 5.34. The van der Waals surface area contributed by atoms with Gasteiger partial charge in [-0.3, -0.25) is 19.0 Å². The van der Waals surface area contributed by atoms with Crippen molar-refractivity contribution in [2.75, 3.05) is 27.2 Å². The summed E-state index contributed by atoms with van der Waals surface area (Å²) in [6.45, 7) is 10.3. The molecular weight excluding hydrogens is 821 g/mol. The highest BCUT2D eigenvalue weighted by Gasteiger charge is 2.42. The summed E-state index contributed by atoms with van der Waals surface area (Å²) in [5.41, 5.74) is 9.34. The topological polar surface area (TPSA) is 219 Å². The maximum absolute atomic E-state index is 12.1. The Morgan fingerprint density at radius 3 is 2.43 bits per heavy atom. The van der Waals surface area contributed by atoms with Gasteiger partial charge in [-0.25, -0.2) is 19.3 Å². The first-order valence-corrected chi connectivity index (χ1v) is 22.9. The molecule has 0 radical (unpaired) electrons. The van der Waals surface area contributed by atoms with Crippen molar-refractivity contribution in [1.29, 1.82) is 0 Å². The van der Waals surface area contributed by atoms with Crippen molar-refractivity contribution in [2.24, 2.45) is 17.6 Å². The number of carbonyl (C=O) groups is 4. The number of fused-ring (bicyclic) bond motifs is 1. The molecule has 61 heavy (non-hydrogen) atoms. The number of rotatable bonds is 14. The van der Waals surface area contributed by atoms with E-state index in [1.807, 2.05) is 49.4 Å². The molecule has 18 heteroatoms. The van der Waals surface area contributed by atoms with E-state index in [2.05, 4.69) is 45.5 Å². The van der Waals surface area contributed by atoms with Gasteiger partial charge in [0.2, 0.25) is 17.7 Å². The van der Waals surface area contributed by atoms with Crippen LogP contribution in [-0.4, -0.2) is 94.8 Å². The van der Waals surface area contributed by atoms with Gasteiger partial charge in [0.05, 0.1) is 16.7 Å². The number of carbonyl (C=O) groups excluding carboxylic acids is 4. The fraction of sp³-hybridized carbons (Fsp3) is 0.488. The lowest BCUT2D eigenvalue weighted by Gasteiger charge is -2.23. The number of aromatic amines is 1. The minimum Gasteiger partial charge on any atom is -0.444 e. The number of likely N-dealkylation sites (tertiary alicyclic amines) is 1. The lowest BCUT2D eigenvalue weighted by Crippen LogP contribution is -2.48. The van der Waals surface area contributed by atoms with E-state index in [-0.39, 0.29) is 30.0 Å². The number of unbranched alkanes of at least 4 members (excludes halogenated alkanes) is 3. The number of nitrogens with one attached hydrogen (secondary N) is 3. The Morgan fingerprint density at radius 2 is 1.79 bits per heavy atom. The second-order valence-corrected chi connectivity index (χ2v) is 18.7. The molecule has 3 heterocycles. The number of nitrogens with zero attached hydrogens (tertiary/aromatic N) is 4. The number of aromatic nitrogens is 3. The zero-order valence-corrected chi connectivity index (χ0v) is 37.7. The number of alkyl carbamates (subject to hydrolysis) is 1. The molecule has 3 unspecified atom stereocenters. The van der Waals surface area contributed by atoms with Gasteiger partial charge in [-0.2, -0.15) is 12.7 Å². The molecule has 4 aromatic rings. The second kappa shape index (κ2) is 22.0. The van der Waals surface area contributed by atoms with Crippen molar-refractivity contribution in [3.8, 4) is 21.8 Å². The van der Waals surface area contributed by atoms with Crippen molar-refractivity contribution >= 4 is 56.4 Å². The predicted octanol–water partition coefficient (Wildman–Crippen LogP) is 5.81. The van der Waals surface area contributed by atoms with Gasteiger partial charge in [-0.05, 0) is 77.8 Å². The number of thiazole rings is 1. The van der Waals surface area contributed by atoms with E-state index in [0.29, 0.717) is 19.5 Å². The SMILES string of the molecule is CC(C)(C)OC(=O)NCC(=O)N1CCCC1C(N)=O.CCCCC/C=C\C1CC1C(=O)NS(=O)(=O)N(C)C.CCn1c(=O)[nH]c2c(-c3nc(-c4ccccc4)cs3)cccc21. The first kappa shape index (κ1) is 48.3. The summed E-state index contributed by atoms with van der Waals surface area (Å²) < 4.78 is 32.8. The quantitative estimate of drug-likeness (QED) is 0.0886. The number of benzene rings is 2. The lowest BCUT2D eigenvalue weighted by molar-refractivity contribution is -0.136. The van der Waals surface area contributed by atoms with Crippen LogP contribution in [0.25, 0.3) is 32.9 Å². The summed E-state index contributed by atoms with van der Waals surface area (Å²) in [6, 6.07) is 15.5. The van der Waals surface area contributed by atoms with E-state index in [4.69, 9.17) is 15.5 Å². The number of hydrogen-bond acceptors (Lipinski definition) is 10. The minimum absolute atomic E-state index is 0.0743. The number of nitrogens with two attached hydrogens (primary N) is 1. The standard InChI is InChI=1S/C18H15N3OS.C13H24N2O3S.C12H21N3O4/c1-2-21-15-10-6-9-13(16(15)20-18(21)22)17-19-14(11-23-17)12-7-4-3-5-8-12;1-4-5-6-7-8-9-11-10-12(11)13(16)14-19(17,18)15(2)3;1-12(2,3)19-11(18)14-7-9(16)15-6-4-5-8(15)10(13)17/h3-11H,2H2,1H3,(H,20,22);8-9,11-12H,4-7,10H2,1-3H3,(H,14,16);8H,4-7H2,1-3H3,(H2,13,17)(H,14,18)/b;9-8-;. The number of primary amides is 1. The largest absolute Gasteiger partial charge is 0.444 e. The zero-order chi connectivity index (χ0) is 44.9. The van der Waals surface area contributed by atoms with Crippen LogP contribution >= 0.6 is 11.3 Å². The van der Waals surface area contributed by atoms with Gasteiger partial charge in [0, 0.05) is 49.6 Å². The third-order valence-electron chi connectivity index (χ3n) is 9.86. The minimum atomic E-state index is -3.65. The molecule has 4 amide bonds. The highest BCUT2D eigenvalue weighted by Crippen LogP contribution is 2.40. The van der Waals surface area contributed by atoms with Gasteiger partial charge in [-0.1, -0.05) is 68.3 Å². The van der Waals surface area contributed by atoms with Crippen molar-refractivity contribution in [3.05, 3.63) is 76.5 Å². The third-order valence-corrected chi connectivity index (χ3v) is 12.2. The normalized spacial score (nSPS) is 17.3. The van der Waals surface area contributed by atoms with Gasteiger partial charge in [0.1, 0.15) is 23.2 Å². The fourth-order valence-electron chi connectivity index (χ4n) is 6.54. The van der Waals surface area contributed by atoms with E-state index in [9.17, 15) is 32.4 Å². The van der Waals surface area contributed by atoms with Crippen LogP contribution in [0.1, 0.15) is 79.6 Å². The van der Waals surface area contributed by atoms with Gasteiger partial charge in [0.25, 0.3) is 0 Å². The van der Waals surface area contributed by atoms with Crippen LogP contribution < -0.4 is 21.5 Å². The van der Waals surface area contributed by atoms with E-state index >= 15 is 0 Å². The summed E-state index contributed by atoms with van der Waals surface area (Å²) in [5.74, 6) is -1.21. The highest BCUT2D eigenvalue weighted by molar-refractivity contribution is 7.87. The van der Waals surface area contributed by atoms with Crippen LogP contribution in [0, 0.1) is 11.8 Å². The summed E-state index contributed by atoms with van der Waals surface area (Å²) in [4.78, 5) is 67.3. The number of allylic oxidation sites excluding steroid dienone is 2. The van der Waals surface area contributed by atoms with E-state index in [1.165, 1.54) is 38.3 Å². The Morgan fingerprint density at radius 1 is 1.07 bits per heavy atom. The zero-order valence-electron chi connectivity index (χ0n) is 36.1. The molecule has 5 N–H and O–H groups in total. The molecule has 332 valence electrons. The molecule has 3 atom stereocenters. The number of amides is 4. The first-order chi connectivity index (χ1) is 28.9. The van der Waals surface area contributed by atoms with Gasteiger partial charge in [0.15, 0.2) is 0 Å². The van der Waals surface area contributed by atoms with Crippen LogP contribution in [0.4, 0.5) is 4.79 Å². The average molecular weight is 881 g/mol. The molecule has 16 nitrogen and oxygen atoms in total. The number of H-pyrrole nitrogens is 1. The average Bonchev–Trinajstić information content (AvgIpc) is 3.51. The highest BCUT2D eigenvalue weighted by atomic mass is 32.2. The van der Waals surface area contributed by atoms with Crippen molar-refractivity contribution in [1.82, 2.24) is 33.8 Å². The Bertz CT molecular complexity index is 2310. The number of ether oxygens (including phenoxy) is 1. The summed E-state index contributed by atoms with van der Waals surface area (Å²) in [6.07, 6.45) is 10.2. The molecular formula is C43H60N8O8S2. The van der Waals surface area contributed by atoms with Crippen LogP contribution in [0.3, 0.4) is 0 Å². The maximum atomic E-state index is 12.1. The Kier molecular flexibility index (Phi) is 17.4. The second-order valence-electron chi connectivity index (χ2n) is 16.0. The molecule has 0 bridgehead atoms. The molecule has 2 aromatic heterocycles. The van der Waals surface area contributed by atoms with Crippen molar-refractivity contribution in [2.45, 2.75) is 97.8 Å². The number of hydrogen-bond donors (Lipinski definition) is 4. The van der Waals surface area contributed by atoms with Gasteiger partial charge >= 0.3 is 22.0 Å². The van der Waals surface area contributed by atoms with Crippen LogP contribution in [-0.2, 0) is 35.9 Å². The molecule has 1 saturated heterocycles. The number of aryl methyl sites for hydroxylation is 1. The molecule has 2 aliphatic rings. The Hall–Kier alpha value is -5.33. The fourth-order valence-corrected chi connectivity index (χ4v) is 7.99. The van der Waals surface area contributed by atoms with Crippen molar-refractivity contribution in [3.63, 3.8) is 0 Å².